The zero-order valence-electron chi connectivity index (χ0n) is 10.8. The van der Waals surface area contributed by atoms with E-state index in [1.807, 2.05) is 6.07 Å². The van der Waals surface area contributed by atoms with Crippen molar-refractivity contribution in [2.75, 3.05) is 0 Å². The molecule has 0 atom stereocenters. The van der Waals surface area contributed by atoms with Crippen LogP contribution in [0.25, 0.3) is 11.4 Å². The molecule has 1 heterocycles. The molecule has 5 heteroatoms. The normalized spacial score (nSPS) is 14.8. The van der Waals surface area contributed by atoms with Crippen LogP contribution in [0.1, 0.15) is 30.5 Å². The predicted molar refractivity (Wildman–Crippen MR) is 83.8 cm³/mol. The highest BCUT2D eigenvalue weighted by Gasteiger charge is 2.16. The van der Waals surface area contributed by atoms with Gasteiger partial charge in [-0.3, -0.25) is 0 Å². The van der Waals surface area contributed by atoms with Crippen molar-refractivity contribution in [3.63, 3.8) is 0 Å². The zero-order chi connectivity index (χ0) is 14.1. The van der Waals surface area contributed by atoms with Gasteiger partial charge in [0.05, 0.1) is 10.0 Å². The molecule has 0 aliphatic heterocycles. The molecule has 0 spiro atoms. The standard InChI is InChI=1S/C15H13Cl3N2/c16-11-7-6-9(8-12(11)17)15-19-13-5-3-1-2-4-10(13)14(18)20-15/h6-8H,1-5H2. The first-order valence-electron chi connectivity index (χ1n) is 6.66. The van der Waals surface area contributed by atoms with Crippen LogP contribution in [-0.2, 0) is 12.8 Å². The van der Waals surface area contributed by atoms with Crippen molar-refractivity contribution in [3.05, 3.63) is 44.7 Å². The van der Waals surface area contributed by atoms with E-state index in [-0.39, 0.29) is 0 Å². The van der Waals surface area contributed by atoms with E-state index in [9.17, 15) is 0 Å². The molecule has 0 saturated heterocycles. The molecule has 0 saturated carbocycles. The Labute approximate surface area is 133 Å². The smallest absolute Gasteiger partial charge is 0.161 e. The van der Waals surface area contributed by atoms with Crippen molar-refractivity contribution in [2.24, 2.45) is 0 Å². The molecular formula is C15H13Cl3N2. The monoisotopic (exact) mass is 326 g/mol. The second-order valence-electron chi connectivity index (χ2n) is 4.95. The maximum atomic E-state index is 6.33. The highest BCUT2D eigenvalue weighted by atomic mass is 35.5. The van der Waals surface area contributed by atoms with Gasteiger partial charge < -0.3 is 0 Å². The van der Waals surface area contributed by atoms with E-state index in [1.54, 1.807) is 12.1 Å². The number of nitrogens with zero attached hydrogens (tertiary/aromatic N) is 2. The number of benzene rings is 1. The fourth-order valence-corrected chi connectivity index (χ4v) is 3.07. The summed E-state index contributed by atoms with van der Waals surface area (Å²) in [6.45, 7) is 0. The predicted octanol–water partition coefficient (Wildman–Crippen LogP) is 5.37. The quantitative estimate of drug-likeness (QED) is 0.519. The minimum Gasteiger partial charge on any atom is -0.233 e. The number of hydrogen-bond acceptors (Lipinski definition) is 2. The van der Waals surface area contributed by atoms with Crippen molar-refractivity contribution in [2.45, 2.75) is 32.1 Å². The van der Waals surface area contributed by atoms with Crippen LogP contribution in [-0.4, -0.2) is 9.97 Å². The van der Waals surface area contributed by atoms with E-state index in [0.29, 0.717) is 21.0 Å². The number of aromatic nitrogens is 2. The maximum Gasteiger partial charge on any atom is 0.161 e. The number of fused-ring (bicyclic) bond motifs is 1. The minimum atomic E-state index is 0.499. The molecule has 2 nitrogen and oxygen atoms in total. The van der Waals surface area contributed by atoms with Crippen molar-refractivity contribution >= 4 is 34.8 Å². The molecule has 1 aliphatic rings. The summed E-state index contributed by atoms with van der Waals surface area (Å²) in [5.41, 5.74) is 3.02. The molecule has 0 bridgehead atoms. The van der Waals surface area contributed by atoms with Crippen LogP contribution in [0.4, 0.5) is 0 Å². The van der Waals surface area contributed by atoms with Crippen molar-refractivity contribution in [3.8, 4) is 11.4 Å². The van der Waals surface area contributed by atoms with Crippen LogP contribution >= 0.6 is 34.8 Å². The summed E-state index contributed by atoms with van der Waals surface area (Å²) in [5, 5.41) is 1.59. The van der Waals surface area contributed by atoms with Crippen LogP contribution in [0.3, 0.4) is 0 Å². The summed E-state index contributed by atoms with van der Waals surface area (Å²) in [4.78, 5) is 9.10. The Morgan fingerprint density at radius 3 is 2.45 bits per heavy atom. The first kappa shape index (κ1) is 14.1. The second kappa shape index (κ2) is 5.88. The average Bonchev–Trinajstić information content (AvgIpc) is 2.67. The Morgan fingerprint density at radius 2 is 1.65 bits per heavy atom. The third kappa shape index (κ3) is 2.78. The van der Waals surface area contributed by atoms with Gasteiger partial charge in [-0.25, -0.2) is 9.97 Å². The third-order valence-corrected chi connectivity index (χ3v) is 4.61. The van der Waals surface area contributed by atoms with Crippen LogP contribution in [0, 0.1) is 0 Å². The van der Waals surface area contributed by atoms with E-state index in [2.05, 4.69) is 9.97 Å². The molecule has 0 amide bonds. The molecular weight excluding hydrogens is 315 g/mol. The molecule has 1 aromatic carbocycles. The molecule has 0 radical (unpaired) electrons. The molecule has 1 aliphatic carbocycles. The van der Waals surface area contributed by atoms with Gasteiger partial charge >= 0.3 is 0 Å². The van der Waals surface area contributed by atoms with Crippen molar-refractivity contribution < 1.29 is 0 Å². The highest BCUT2D eigenvalue weighted by molar-refractivity contribution is 6.42. The first-order chi connectivity index (χ1) is 9.65. The molecule has 104 valence electrons. The lowest BCUT2D eigenvalue weighted by atomic mass is 10.1. The van der Waals surface area contributed by atoms with E-state index in [0.717, 1.165) is 42.5 Å². The zero-order valence-corrected chi connectivity index (χ0v) is 13.1. The van der Waals surface area contributed by atoms with E-state index < -0.39 is 0 Å². The summed E-state index contributed by atoms with van der Waals surface area (Å²) in [5.74, 6) is 0.620. The summed E-state index contributed by atoms with van der Waals surface area (Å²) in [7, 11) is 0. The SMILES string of the molecule is Clc1ccc(-c2nc(Cl)c3c(n2)CCCCC3)cc1Cl. The minimum absolute atomic E-state index is 0.499. The van der Waals surface area contributed by atoms with Crippen LogP contribution in [0.15, 0.2) is 18.2 Å². The van der Waals surface area contributed by atoms with Crippen molar-refractivity contribution in [1.29, 1.82) is 0 Å². The number of rotatable bonds is 1. The van der Waals surface area contributed by atoms with Crippen molar-refractivity contribution in [1.82, 2.24) is 9.97 Å². The molecule has 1 aromatic heterocycles. The highest BCUT2D eigenvalue weighted by Crippen LogP contribution is 2.30. The van der Waals surface area contributed by atoms with Gasteiger partial charge in [0.2, 0.25) is 0 Å². The third-order valence-electron chi connectivity index (χ3n) is 3.56. The average molecular weight is 328 g/mol. The van der Waals surface area contributed by atoms with Gasteiger partial charge in [0, 0.05) is 16.8 Å². The second-order valence-corrected chi connectivity index (χ2v) is 6.13. The number of aryl methyl sites for hydroxylation is 1. The Morgan fingerprint density at radius 1 is 0.850 bits per heavy atom. The fraction of sp³-hybridized carbons (Fsp3) is 0.333. The Bertz CT molecular complexity index is 656. The molecule has 0 fully saturated rings. The van der Waals surface area contributed by atoms with Crippen LogP contribution in [0.2, 0.25) is 15.2 Å². The summed E-state index contributed by atoms with van der Waals surface area (Å²) in [6.07, 6.45) is 5.46. The van der Waals surface area contributed by atoms with Gasteiger partial charge in [0.15, 0.2) is 5.82 Å². The van der Waals surface area contributed by atoms with E-state index >= 15 is 0 Å². The Balaban J connectivity index is 2.08. The molecule has 0 N–H and O–H groups in total. The maximum absolute atomic E-state index is 6.33. The van der Waals surface area contributed by atoms with Gasteiger partial charge in [-0.1, -0.05) is 41.2 Å². The molecule has 2 aromatic rings. The lowest BCUT2D eigenvalue weighted by Gasteiger charge is -2.10. The van der Waals surface area contributed by atoms with Gasteiger partial charge in [-0.2, -0.15) is 0 Å². The van der Waals surface area contributed by atoms with Gasteiger partial charge in [0.25, 0.3) is 0 Å². The van der Waals surface area contributed by atoms with Gasteiger partial charge in [0.1, 0.15) is 5.15 Å². The molecule has 0 unspecified atom stereocenters. The lowest BCUT2D eigenvalue weighted by Crippen LogP contribution is -2.02. The fourth-order valence-electron chi connectivity index (χ4n) is 2.49. The molecule has 3 rings (SSSR count). The van der Waals surface area contributed by atoms with Gasteiger partial charge in [-0.15, -0.1) is 0 Å². The van der Waals surface area contributed by atoms with E-state index in [1.165, 1.54) is 6.42 Å². The summed E-state index contributed by atoms with van der Waals surface area (Å²) in [6, 6.07) is 5.39. The topological polar surface area (TPSA) is 25.8 Å². The van der Waals surface area contributed by atoms with Crippen LogP contribution in [0.5, 0.6) is 0 Å². The molecule has 20 heavy (non-hydrogen) atoms. The summed E-state index contributed by atoms with van der Waals surface area (Å²) < 4.78 is 0. The van der Waals surface area contributed by atoms with E-state index in [4.69, 9.17) is 34.8 Å². The number of halogens is 3. The van der Waals surface area contributed by atoms with Gasteiger partial charge in [-0.05, 0) is 43.9 Å². The lowest BCUT2D eigenvalue weighted by molar-refractivity contribution is 0.709. The Hall–Kier alpha value is -0.830. The summed E-state index contributed by atoms with van der Waals surface area (Å²) >= 11 is 18.3. The largest absolute Gasteiger partial charge is 0.233 e. The first-order valence-corrected chi connectivity index (χ1v) is 7.79. The van der Waals surface area contributed by atoms with Crippen LogP contribution < -0.4 is 0 Å². The Kier molecular flexibility index (Phi) is 4.16. The number of hydrogen-bond donors (Lipinski definition) is 0.